The highest BCUT2D eigenvalue weighted by Crippen LogP contribution is 2.11. The smallest absolute Gasteiger partial charge is 0.253 e. The monoisotopic (exact) mass is 304 g/mol. The van der Waals surface area contributed by atoms with Gasteiger partial charge in [-0.15, -0.1) is 0 Å². The Bertz CT molecular complexity index is 453. The summed E-state index contributed by atoms with van der Waals surface area (Å²) in [5, 5.41) is 0. The number of carbonyl (C=O) groups is 1. The van der Waals surface area contributed by atoms with E-state index >= 15 is 0 Å². The summed E-state index contributed by atoms with van der Waals surface area (Å²) in [7, 11) is 4.07. The molecule has 1 aromatic carbocycles. The van der Waals surface area contributed by atoms with Crippen LogP contribution < -0.4 is 0 Å². The zero-order valence-corrected chi connectivity index (χ0v) is 15.1. The van der Waals surface area contributed by atoms with Crippen LogP contribution in [0.2, 0.25) is 0 Å². The van der Waals surface area contributed by atoms with E-state index in [0.717, 1.165) is 31.0 Å². The molecule has 1 rings (SSSR count). The van der Waals surface area contributed by atoms with Gasteiger partial charge in [-0.2, -0.15) is 0 Å². The van der Waals surface area contributed by atoms with Crippen LogP contribution in [0.1, 0.15) is 49.5 Å². The molecular formula is C19H32N2O. The van der Waals surface area contributed by atoms with Crippen LogP contribution in [0.25, 0.3) is 0 Å². The number of amides is 1. The summed E-state index contributed by atoms with van der Waals surface area (Å²) in [4.78, 5) is 16.7. The number of nitrogens with zero attached hydrogens (tertiary/aromatic N) is 2. The van der Waals surface area contributed by atoms with Gasteiger partial charge in [-0.05, 0) is 64.9 Å². The molecule has 3 nitrogen and oxygen atoms in total. The van der Waals surface area contributed by atoms with Gasteiger partial charge in [-0.1, -0.05) is 31.5 Å². The highest BCUT2D eigenvalue weighted by molar-refractivity contribution is 5.94. The number of hydrogen-bond donors (Lipinski definition) is 0. The molecule has 1 amide bonds. The van der Waals surface area contributed by atoms with Crippen molar-refractivity contribution < 1.29 is 4.79 Å². The summed E-state index contributed by atoms with van der Waals surface area (Å²) in [6, 6.07) is 8.05. The van der Waals surface area contributed by atoms with Crippen molar-refractivity contribution in [1.82, 2.24) is 9.80 Å². The van der Waals surface area contributed by atoms with Crippen LogP contribution in [0.4, 0.5) is 0 Å². The first kappa shape index (κ1) is 18.7. The second-order valence-electron chi connectivity index (χ2n) is 6.91. The van der Waals surface area contributed by atoms with Crippen molar-refractivity contribution in [3.63, 3.8) is 0 Å². The van der Waals surface area contributed by atoms with E-state index < -0.39 is 0 Å². The molecule has 0 heterocycles. The summed E-state index contributed by atoms with van der Waals surface area (Å²) < 4.78 is 0. The Hall–Kier alpha value is -1.35. The van der Waals surface area contributed by atoms with Crippen LogP contribution in [-0.2, 0) is 0 Å². The molecule has 0 N–H and O–H groups in total. The van der Waals surface area contributed by atoms with Crippen LogP contribution in [0.5, 0.6) is 0 Å². The third-order valence-electron chi connectivity index (χ3n) is 4.30. The molecule has 0 saturated carbocycles. The largest absolute Gasteiger partial charge is 0.339 e. The fourth-order valence-corrected chi connectivity index (χ4v) is 2.29. The lowest BCUT2D eigenvalue weighted by Crippen LogP contribution is -2.37. The van der Waals surface area contributed by atoms with Gasteiger partial charge in [-0.25, -0.2) is 0 Å². The highest BCUT2D eigenvalue weighted by atomic mass is 16.2. The molecule has 0 bridgehead atoms. The summed E-state index contributed by atoms with van der Waals surface area (Å²) >= 11 is 0. The van der Waals surface area contributed by atoms with Crippen molar-refractivity contribution in [1.29, 1.82) is 0 Å². The van der Waals surface area contributed by atoms with Gasteiger partial charge in [0.25, 0.3) is 5.91 Å². The molecule has 3 heteroatoms. The first-order valence-electron chi connectivity index (χ1n) is 8.33. The van der Waals surface area contributed by atoms with Crippen molar-refractivity contribution >= 4 is 5.91 Å². The predicted molar refractivity (Wildman–Crippen MR) is 94.3 cm³/mol. The van der Waals surface area contributed by atoms with Gasteiger partial charge in [0.15, 0.2) is 0 Å². The highest BCUT2D eigenvalue weighted by Gasteiger charge is 2.17. The Morgan fingerprint density at radius 1 is 1.00 bits per heavy atom. The SMILES string of the molecule is Cc1ccc(C(=O)N(C)C(C)CCN(C)CCC(C)C)cc1. The zero-order chi connectivity index (χ0) is 16.7. The minimum absolute atomic E-state index is 0.109. The van der Waals surface area contributed by atoms with Crippen LogP contribution in [0, 0.1) is 12.8 Å². The first-order valence-corrected chi connectivity index (χ1v) is 8.33. The Morgan fingerprint density at radius 2 is 1.55 bits per heavy atom. The second-order valence-corrected chi connectivity index (χ2v) is 6.91. The van der Waals surface area contributed by atoms with Crippen LogP contribution in [0.15, 0.2) is 24.3 Å². The Labute approximate surface area is 136 Å². The van der Waals surface area contributed by atoms with Crippen molar-refractivity contribution in [2.75, 3.05) is 27.2 Å². The maximum absolute atomic E-state index is 12.5. The van der Waals surface area contributed by atoms with Gasteiger partial charge in [0, 0.05) is 18.7 Å². The Morgan fingerprint density at radius 3 is 2.09 bits per heavy atom. The van der Waals surface area contributed by atoms with Crippen molar-refractivity contribution in [2.24, 2.45) is 5.92 Å². The Kier molecular flexibility index (Phi) is 7.60. The topological polar surface area (TPSA) is 23.6 Å². The lowest BCUT2D eigenvalue weighted by Gasteiger charge is -2.27. The van der Waals surface area contributed by atoms with E-state index in [1.54, 1.807) is 0 Å². The van der Waals surface area contributed by atoms with Crippen LogP contribution in [0.3, 0.4) is 0 Å². The average Bonchev–Trinajstić information content (AvgIpc) is 2.49. The fraction of sp³-hybridized carbons (Fsp3) is 0.632. The summed E-state index contributed by atoms with van der Waals surface area (Å²) in [6.45, 7) is 10.8. The van der Waals surface area contributed by atoms with E-state index in [-0.39, 0.29) is 11.9 Å². The average molecular weight is 304 g/mol. The second kappa shape index (κ2) is 8.94. The van der Waals surface area contributed by atoms with E-state index in [4.69, 9.17) is 0 Å². The van der Waals surface area contributed by atoms with Gasteiger partial charge in [0.2, 0.25) is 0 Å². The van der Waals surface area contributed by atoms with Gasteiger partial charge in [0.1, 0.15) is 0 Å². The first-order chi connectivity index (χ1) is 10.3. The zero-order valence-electron chi connectivity index (χ0n) is 15.1. The molecule has 0 saturated heterocycles. The van der Waals surface area contributed by atoms with Gasteiger partial charge < -0.3 is 9.80 Å². The van der Waals surface area contributed by atoms with E-state index in [1.165, 1.54) is 12.0 Å². The van der Waals surface area contributed by atoms with Gasteiger partial charge in [-0.3, -0.25) is 4.79 Å². The molecule has 0 radical (unpaired) electrons. The van der Waals surface area contributed by atoms with Crippen LogP contribution >= 0.6 is 0 Å². The normalized spacial score (nSPS) is 12.7. The lowest BCUT2D eigenvalue weighted by atomic mass is 10.1. The molecule has 22 heavy (non-hydrogen) atoms. The molecule has 124 valence electrons. The van der Waals surface area contributed by atoms with E-state index in [0.29, 0.717) is 0 Å². The fourth-order valence-electron chi connectivity index (χ4n) is 2.29. The minimum atomic E-state index is 0.109. The minimum Gasteiger partial charge on any atom is -0.339 e. The number of carbonyl (C=O) groups excluding carboxylic acids is 1. The van der Waals surface area contributed by atoms with Crippen molar-refractivity contribution in [2.45, 2.75) is 46.6 Å². The molecule has 1 unspecified atom stereocenters. The van der Waals surface area contributed by atoms with Crippen molar-refractivity contribution in [3.8, 4) is 0 Å². The summed E-state index contributed by atoms with van der Waals surface area (Å²) in [6.07, 6.45) is 2.23. The molecule has 0 aliphatic carbocycles. The molecule has 1 aromatic rings. The molecule has 0 aliphatic rings. The molecule has 0 spiro atoms. The lowest BCUT2D eigenvalue weighted by molar-refractivity contribution is 0.0729. The Balaban J connectivity index is 2.45. The number of hydrogen-bond acceptors (Lipinski definition) is 2. The van der Waals surface area contributed by atoms with E-state index in [9.17, 15) is 4.79 Å². The third-order valence-corrected chi connectivity index (χ3v) is 4.30. The molecule has 0 aromatic heterocycles. The molecule has 0 aliphatic heterocycles. The number of aryl methyl sites for hydroxylation is 1. The maximum atomic E-state index is 12.5. The number of rotatable bonds is 8. The molecule has 0 fully saturated rings. The third kappa shape index (κ3) is 6.18. The molecule has 1 atom stereocenters. The number of benzene rings is 1. The molecular weight excluding hydrogens is 272 g/mol. The van der Waals surface area contributed by atoms with Gasteiger partial charge in [0.05, 0.1) is 0 Å². The quantitative estimate of drug-likeness (QED) is 0.729. The standard InChI is InChI=1S/C19H32N2O/c1-15(2)11-13-20(5)14-12-17(4)21(6)19(22)18-9-7-16(3)8-10-18/h7-10,15,17H,11-14H2,1-6H3. The maximum Gasteiger partial charge on any atom is 0.253 e. The summed E-state index contributed by atoms with van der Waals surface area (Å²) in [5.41, 5.74) is 1.95. The van der Waals surface area contributed by atoms with E-state index in [2.05, 4.69) is 32.7 Å². The van der Waals surface area contributed by atoms with Gasteiger partial charge >= 0.3 is 0 Å². The van der Waals surface area contributed by atoms with Crippen LogP contribution in [-0.4, -0.2) is 48.9 Å². The van der Waals surface area contributed by atoms with Crippen molar-refractivity contribution in [3.05, 3.63) is 35.4 Å². The van der Waals surface area contributed by atoms with E-state index in [1.807, 2.05) is 43.1 Å². The summed E-state index contributed by atoms with van der Waals surface area (Å²) in [5.74, 6) is 0.850. The predicted octanol–water partition coefficient (Wildman–Crippen LogP) is 3.82.